The summed E-state index contributed by atoms with van der Waals surface area (Å²) in [5, 5.41) is 0. The first kappa shape index (κ1) is 18.8. The highest BCUT2D eigenvalue weighted by Gasteiger charge is 2.55. The lowest BCUT2D eigenvalue weighted by Gasteiger charge is -2.43. The molecule has 4 heteroatoms. The first-order chi connectivity index (χ1) is 11.5. The second kappa shape index (κ2) is 8.00. The van der Waals surface area contributed by atoms with Crippen LogP contribution < -0.4 is 0 Å². The van der Waals surface area contributed by atoms with Crippen molar-refractivity contribution in [3.63, 3.8) is 0 Å². The molecule has 0 radical (unpaired) electrons. The standard InChI is InChI=1S/C20H30O4/c1-4-7-8-10-13-19(14-11-9-12-15-19)18-23-16(21)20(5-2,6-3)17(22)24-18/h9,11-12,14,18H,4-8,10,13,15H2,1-3H3. The number of rotatable bonds is 8. The van der Waals surface area contributed by atoms with Crippen molar-refractivity contribution >= 4 is 11.9 Å². The van der Waals surface area contributed by atoms with Crippen LogP contribution in [0.25, 0.3) is 0 Å². The fraction of sp³-hybridized carbons (Fsp3) is 0.700. The Morgan fingerprint density at radius 1 is 1.00 bits per heavy atom. The Kier molecular flexibility index (Phi) is 6.25. The number of unbranched alkanes of at least 4 members (excludes halogenated alkanes) is 3. The zero-order valence-electron chi connectivity index (χ0n) is 15.2. The summed E-state index contributed by atoms with van der Waals surface area (Å²) in [6, 6.07) is 0. The van der Waals surface area contributed by atoms with Crippen molar-refractivity contribution in [2.75, 3.05) is 0 Å². The molecule has 1 atom stereocenters. The maximum Gasteiger partial charge on any atom is 0.326 e. The highest BCUT2D eigenvalue weighted by atomic mass is 16.7. The molecule has 1 aliphatic carbocycles. The van der Waals surface area contributed by atoms with Gasteiger partial charge in [0, 0.05) is 0 Å². The third-order valence-corrected chi connectivity index (χ3v) is 5.56. The molecule has 24 heavy (non-hydrogen) atoms. The molecule has 2 rings (SSSR count). The van der Waals surface area contributed by atoms with E-state index in [2.05, 4.69) is 19.1 Å². The Balaban J connectivity index is 2.17. The SMILES string of the molecule is CCCCCCC1(C2OC(=O)C(CC)(CC)C(=O)O2)C=CC=CC1. The van der Waals surface area contributed by atoms with Gasteiger partial charge in [-0.1, -0.05) is 70.8 Å². The molecule has 0 aromatic heterocycles. The van der Waals surface area contributed by atoms with Crippen molar-refractivity contribution in [3.05, 3.63) is 24.3 Å². The van der Waals surface area contributed by atoms with Crippen LogP contribution in [0.15, 0.2) is 24.3 Å². The summed E-state index contributed by atoms with van der Waals surface area (Å²) in [5.74, 6) is -0.853. The van der Waals surface area contributed by atoms with Crippen LogP contribution in [-0.2, 0) is 19.1 Å². The van der Waals surface area contributed by atoms with E-state index in [9.17, 15) is 9.59 Å². The molecule has 2 aliphatic rings. The van der Waals surface area contributed by atoms with Gasteiger partial charge in [0.1, 0.15) is 0 Å². The van der Waals surface area contributed by atoms with E-state index in [1.54, 1.807) is 0 Å². The topological polar surface area (TPSA) is 52.6 Å². The quantitative estimate of drug-likeness (QED) is 0.367. The summed E-state index contributed by atoms with van der Waals surface area (Å²) < 4.78 is 11.4. The van der Waals surface area contributed by atoms with Crippen molar-refractivity contribution in [1.82, 2.24) is 0 Å². The maximum absolute atomic E-state index is 12.6. The molecule has 0 saturated carbocycles. The predicted molar refractivity (Wildman–Crippen MR) is 93.1 cm³/mol. The molecule has 4 nitrogen and oxygen atoms in total. The number of carbonyl (C=O) groups excluding carboxylic acids is 2. The van der Waals surface area contributed by atoms with Crippen molar-refractivity contribution in [2.45, 2.75) is 78.4 Å². The van der Waals surface area contributed by atoms with Gasteiger partial charge >= 0.3 is 11.9 Å². The minimum Gasteiger partial charge on any atom is -0.423 e. The van der Waals surface area contributed by atoms with Crippen LogP contribution in [0.4, 0.5) is 0 Å². The Morgan fingerprint density at radius 2 is 1.67 bits per heavy atom. The van der Waals surface area contributed by atoms with E-state index in [1.807, 2.05) is 26.0 Å². The van der Waals surface area contributed by atoms with E-state index in [0.717, 1.165) is 25.7 Å². The molecule has 0 bridgehead atoms. The lowest BCUT2D eigenvalue weighted by Crippen LogP contribution is -2.54. The molecular weight excluding hydrogens is 304 g/mol. The van der Waals surface area contributed by atoms with Gasteiger partial charge in [-0.3, -0.25) is 9.59 Å². The molecule has 1 fully saturated rings. The molecule has 0 spiro atoms. The lowest BCUT2D eigenvalue weighted by molar-refractivity contribution is -0.242. The summed E-state index contributed by atoms with van der Waals surface area (Å²) in [7, 11) is 0. The Hall–Kier alpha value is -1.58. The Morgan fingerprint density at radius 3 is 2.17 bits per heavy atom. The van der Waals surface area contributed by atoms with Crippen LogP contribution in [0.1, 0.15) is 72.1 Å². The molecule has 0 aromatic rings. The van der Waals surface area contributed by atoms with Gasteiger partial charge in [0.15, 0.2) is 5.41 Å². The van der Waals surface area contributed by atoms with Gasteiger partial charge in [-0.05, 0) is 25.7 Å². The molecule has 0 amide bonds. The number of hydrogen-bond acceptors (Lipinski definition) is 4. The second-order valence-corrected chi connectivity index (χ2v) is 6.97. The van der Waals surface area contributed by atoms with Crippen molar-refractivity contribution in [2.24, 2.45) is 10.8 Å². The van der Waals surface area contributed by atoms with E-state index in [-0.39, 0.29) is 0 Å². The first-order valence-electron chi connectivity index (χ1n) is 9.31. The largest absolute Gasteiger partial charge is 0.423 e. The van der Waals surface area contributed by atoms with Gasteiger partial charge in [0.2, 0.25) is 0 Å². The number of allylic oxidation sites excluding steroid dienone is 3. The van der Waals surface area contributed by atoms with E-state index in [4.69, 9.17) is 9.47 Å². The normalized spacial score (nSPS) is 26.3. The maximum atomic E-state index is 12.6. The smallest absolute Gasteiger partial charge is 0.326 e. The summed E-state index contributed by atoms with van der Waals surface area (Å²) in [6.45, 7) is 5.84. The van der Waals surface area contributed by atoms with Gasteiger partial charge in [-0.2, -0.15) is 0 Å². The second-order valence-electron chi connectivity index (χ2n) is 6.97. The van der Waals surface area contributed by atoms with Crippen LogP contribution >= 0.6 is 0 Å². The van der Waals surface area contributed by atoms with Gasteiger partial charge in [0.05, 0.1) is 5.41 Å². The predicted octanol–water partition coefficient (Wildman–Crippen LogP) is 4.69. The zero-order chi connectivity index (χ0) is 17.6. The van der Waals surface area contributed by atoms with Crippen molar-refractivity contribution in [3.8, 4) is 0 Å². The zero-order valence-corrected chi connectivity index (χ0v) is 15.2. The van der Waals surface area contributed by atoms with Crippen molar-refractivity contribution in [1.29, 1.82) is 0 Å². The van der Waals surface area contributed by atoms with E-state index in [0.29, 0.717) is 12.8 Å². The molecule has 1 aliphatic heterocycles. The van der Waals surface area contributed by atoms with Crippen LogP contribution in [0.5, 0.6) is 0 Å². The molecule has 0 N–H and O–H groups in total. The van der Waals surface area contributed by atoms with Gasteiger partial charge in [-0.25, -0.2) is 0 Å². The number of hydrogen-bond donors (Lipinski definition) is 0. The molecule has 134 valence electrons. The van der Waals surface area contributed by atoms with Gasteiger partial charge in [0.25, 0.3) is 6.29 Å². The summed E-state index contributed by atoms with van der Waals surface area (Å²) in [6.07, 6.45) is 14.2. The fourth-order valence-electron chi connectivity index (χ4n) is 3.63. The van der Waals surface area contributed by atoms with E-state index >= 15 is 0 Å². The Bertz CT molecular complexity index is 496. The monoisotopic (exact) mass is 334 g/mol. The number of ether oxygens (including phenoxy) is 2. The third-order valence-electron chi connectivity index (χ3n) is 5.56. The van der Waals surface area contributed by atoms with Crippen LogP contribution in [0, 0.1) is 10.8 Å². The average molecular weight is 334 g/mol. The highest BCUT2D eigenvalue weighted by molar-refractivity contribution is 6.01. The number of carbonyl (C=O) groups is 2. The third kappa shape index (κ3) is 3.42. The molecule has 1 saturated heterocycles. The molecule has 0 aromatic carbocycles. The number of esters is 2. The van der Waals surface area contributed by atoms with Crippen molar-refractivity contribution < 1.29 is 19.1 Å². The van der Waals surface area contributed by atoms with Crippen LogP contribution in [0.2, 0.25) is 0 Å². The number of cyclic esters (lactones) is 2. The van der Waals surface area contributed by atoms with Gasteiger partial charge in [-0.15, -0.1) is 0 Å². The summed E-state index contributed by atoms with van der Waals surface area (Å²) >= 11 is 0. The highest BCUT2D eigenvalue weighted by Crippen LogP contribution is 2.45. The molecule has 1 heterocycles. The summed E-state index contributed by atoms with van der Waals surface area (Å²) in [5.41, 5.74) is -1.56. The molecule has 1 unspecified atom stereocenters. The minimum absolute atomic E-state index is 0.410. The van der Waals surface area contributed by atoms with E-state index < -0.39 is 29.1 Å². The van der Waals surface area contributed by atoms with Gasteiger partial charge < -0.3 is 9.47 Å². The minimum atomic E-state index is -1.13. The lowest BCUT2D eigenvalue weighted by atomic mass is 9.75. The summed E-state index contributed by atoms with van der Waals surface area (Å²) in [4.78, 5) is 25.2. The first-order valence-corrected chi connectivity index (χ1v) is 9.31. The van der Waals surface area contributed by atoms with Crippen LogP contribution in [0.3, 0.4) is 0 Å². The molecular formula is C20H30O4. The van der Waals surface area contributed by atoms with E-state index in [1.165, 1.54) is 12.8 Å². The Labute approximate surface area is 145 Å². The fourth-order valence-corrected chi connectivity index (χ4v) is 3.63. The average Bonchev–Trinajstić information content (AvgIpc) is 2.60. The van der Waals surface area contributed by atoms with Crippen LogP contribution in [-0.4, -0.2) is 18.2 Å².